The molecule has 3 aromatic heterocycles. The highest BCUT2D eigenvalue weighted by Crippen LogP contribution is 2.41. The number of aromatic nitrogens is 5. The molecule has 4 heterocycles. The van der Waals surface area contributed by atoms with Gasteiger partial charge in [-0.05, 0) is 26.0 Å². The Labute approximate surface area is 168 Å². The lowest BCUT2D eigenvalue weighted by Gasteiger charge is -2.18. The Morgan fingerprint density at radius 1 is 1.37 bits per heavy atom. The zero-order chi connectivity index (χ0) is 21.8. The smallest absolute Gasteiger partial charge is 0.247 e. The standard InChI is InChI=1S/C18H18F2N8O2/c1-17(19,20)5-7-28-14-8(4-3-6-23-14)10(27-28)13-24-11(21)9-12(25-13)26-16(30)18(9,2)15(22)29/h3-4,6H,5,7H2,1-2H3,(H2,22,29)(H3,21,24,25,26,30). The Hall–Kier alpha value is -3.70. The van der Waals surface area contributed by atoms with Gasteiger partial charge in [0, 0.05) is 19.2 Å². The first-order valence-electron chi connectivity index (χ1n) is 9.01. The van der Waals surface area contributed by atoms with Crippen LogP contribution in [-0.4, -0.2) is 42.5 Å². The van der Waals surface area contributed by atoms with Crippen molar-refractivity contribution in [2.24, 2.45) is 5.73 Å². The molecule has 2 amide bonds. The second-order valence-electron chi connectivity index (χ2n) is 7.37. The molecule has 30 heavy (non-hydrogen) atoms. The second kappa shape index (κ2) is 6.40. The molecule has 0 saturated carbocycles. The van der Waals surface area contributed by atoms with Crippen molar-refractivity contribution in [2.45, 2.75) is 38.2 Å². The van der Waals surface area contributed by atoms with Gasteiger partial charge in [-0.25, -0.2) is 28.4 Å². The number of primary amides is 1. The summed E-state index contributed by atoms with van der Waals surface area (Å²) in [5, 5.41) is 7.38. The minimum Gasteiger partial charge on any atom is -0.383 e. The van der Waals surface area contributed by atoms with E-state index in [4.69, 9.17) is 11.5 Å². The van der Waals surface area contributed by atoms with Crippen molar-refractivity contribution >= 4 is 34.5 Å². The molecule has 0 aliphatic carbocycles. The third kappa shape index (κ3) is 2.91. The molecule has 0 saturated heterocycles. The monoisotopic (exact) mass is 416 g/mol. The van der Waals surface area contributed by atoms with E-state index in [0.717, 1.165) is 6.92 Å². The highest BCUT2D eigenvalue weighted by molar-refractivity contribution is 6.20. The van der Waals surface area contributed by atoms with E-state index in [2.05, 4.69) is 25.4 Å². The quantitative estimate of drug-likeness (QED) is 0.528. The van der Waals surface area contributed by atoms with Gasteiger partial charge in [0.25, 0.3) is 0 Å². The molecule has 0 radical (unpaired) electrons. The lowest BCUT2D eigenvalue weighted by Crippen LogP contribution is -2.44. The van der Waals surface area contributed by atoms with Crippen LogP contribution in [0.25, 0.3) is 22.6 Å². The van der Waals surface area contributed by atoms with Crippen LogP contribution < -0.4 is 16.8 Å². The van der Waals surface area contributed by atoms with Crippen LogP contribution in [0.15, 0.2) is 18.3 Å². The number of hydrogen-bond acceptors (Lipinski definition) is 7. The van der Waals surface area contributed by atoms with Gasteiger partial charge in [-0.2, -0.15) is 5.10 Å². The average molecular weight is 416 g/mol. The number of amides is 2. The zero-order valence-corrected chi connectivity index (χ0v) is 16.1. The summed E-state index contributed by atoms with van der Waals surface area (Å²) in [4.78, 5) is 37.0. The molecular weight excluding hydrogens is 398 g/mol. The first-order valence-corrected chi connectivity index (χ1v) is 9.01. The van der Waals surface area contributed by atoms with E-state index >= 15 is 0 Å². The third-order valence-corrected chi connectivity index (χ3v) is 5.10. The van der Waals surface area contributed by atoms with Gasteiger partial charge in [0.15, 0.2) is 16.9 Å². The number of carbonyl (C=O) groups is 2. The molecule has 1 aliphatic heterocycles. The normalized spacial score (nSPS) is 18.5. The maximum atomic E-state index is 13.3. The van der Waals surface area contributed by atoms with Crippen LogP contribution in [0.3, 0.4) is 0 Å². The van der Waals surface area contributed by atoms with Crippen LogP contribution in [0, 0.1) is 0 Å². The highest BCUT2D eigenvalue weighted by atomic mass is 19.3. The van der Waals surface area contributed by atoms with E-state index < -0.39 is 29.6 Å². The number of nitrogens with zero attached hydrogens (tertiary/aromatic N) is 5. The molecule has 4 rings (SSSR count). The van der Waals surface area contributed by atoms with Gasteiger partial charge in [0.1, 0.15) is 17.3 Å². The van der Waals surface area contributed by atoms with E-state index in [1.807, 2.05) is 0 Å². The SMILES string of the molecule is CC(F)(F)CCn1nc(-c2nc(N)c3c(n2)NC(=O)C3(C)C(N)=O)c2cccnc21. The van der Waals surface area contributed by atoms with Crippen LogP contribution >= 0.6 is 0 Å². The summed E-state index contributed by atoms with van der Waals surface area (Å²) in [6.45, 7) is 2.10. The van der Waals surface area contributed by atoms with Gasteiger partial charge < -0.3 is 16.8 Å². The number of halogens is 2. The summed E-state index contributed by atoms with van der Waals surface area (Å²) in [7, 11) is 0. The molecule has 12 heteroatoms. The van der Waals surface area contributed by atoms with E-state index in [-0.39, 0.29) is 35.3 Å². The van der Waals surface area contributed by atoms with Crippen molar-refractivity contribution in [3.05, 3.63) is 23.9 Å². The molecule has 0 spiro atoms. The molecule has 0 fully saturated rings. The van der Waals surface area contributed by atoms with Crippen LogP contribution in [-0.2, 0) is 21.5 Å². The Morgan fingerprint density at radius 2 is 2.10 bits per heavy atom. The molecule has 1 unspecified atom stereocenters. The number of fused-ring (bicyclic) bond motifs is 2. The fraction of sp³-hybridized carbons (Fsp3) is 0.333. The van der Waals surface area contributed by atoms with Gasteiger partial charge >= 0.3 is 0 Å². The Bertz CT molecular complexity index is 1200. The average Bonchev–Trinajstić information content (AvgIpc) is 3.16. The van der Waals surface area contributed by atoms with E-state index in [1.54, 1.807) is 12.1 Å². The van der Waals surface area contributed by atoms with Crippen LogP contribution in [0.1, 0.15) is 25.8 Å². The van der Waals surface area contributed by atoms with Crippen molar-refractivity contribution in [3.8, 4) is 11.5 Å². The lowest BCUT2D eigenvalue weighted by atomic mass is 9.84. The summed E-state index contributed by atoms with van der Waals surface area (Å²) in [6.07, 6.45) is 1.09. The van der Waals surface area contributed by atoms with Gasteiger partial charge in [0.2, 0.25) is 17.7 Å². The zero-order valence-electron chi connectivity index (χ0n) is 16.1. The maximum absolute atomic E-state index is 13.3. The molecule has 10 nitrogen and oxygen atoms in total. The van der Waals surface area contributed by atoms with Crippen molar-refractivity contribution in [3.63, 3.8) is 0 Å². The van der Waals surface area contributed by atoms with Gasteiger partial charge in [0.05, 0.1) is 10.9 Å². The number of nitrogen functional groups attached to an aromatic ring is 1. The molecule has 156 valence electrons. The van der Waals surface area contributed by atoms with Crippen molar-refractivity contribution in [1.82, 2.24) is 24.7 Å². The molecular formula is C18H18F2N8O2. The lowest BCUT2D eigenvalue weighted by molar-refractivity contribution is -0.131. The summed E-state index contributed by atoms with van der Waals surface area (Å²) in [6, 6.07) is 3.36. The number of carbonyl (C=O) groups excluding carboxylic acids is 2. The third-order valence-electron chi connectivity index (χ3n) is 5.10. The molecule has 5 N–H and O–H groups in total. The van der Waals surface area contributed by atoms with Gasteiger partial charge in [-0.15, -0.1) is 0 Å². The first kappa shape index (κ1) is 19.6. The number of nitrogens with two attached hydrogens (primary N) is 2. The Balaban J connectivity index is 1.85. The second-order valence-corrected chi connectivity index (χ2v) is 7.37. The van der Waals surface area contributed by atoms with Crippen LogP contribution in [0.5, 0.6) is 0 Å². The van der Waals surface area contributed by atoms with Crippen LogP contribution in [0.2, 0.25) is 0 Å². The fourth-order valence-electron chi connectivity index (χ4n) is 3.38. The molecule has 1 atom stereocenters. The molecule has 1 aliphatic rings. The van der Waals surface area contributed by atoms with Crippen molar-refractivity contribution in [1.29, 1.82) is 0 Å². The predicted octanol–water partition coefficient (Wildman–Crippen LogP) is 1.21. The fourth-order valence-corrected chi connectivity index (χ4v) is 3.38. The topological polar surface area (TPSA) is 155 Å². The predicted molar refractivity (Wildman–Crippen MR) is 103 cm³/mol. The number of anilines is 2. The number of rotatable bonds is 5. The number of aryl methyl sites for hydroxylation is 1. The number of pyridine rings is 1. The summed E-state index contributed by atoms with van der Waals surface area (Å²) < 4.78 is 28.0. The largest absolute Gasteiger partial charge is 0.383 e. The highest BCUT2D eigenvalue weighted by Gasteiger charge is 2.51. The van der Waals surface area contributed by atoms with Crippen LogP contribution in [0.4, 0.5) is 20.4 Å². The Kier molecular flexibility index (Phi) is 4.19. The number of alkyl halides is 2. The van der Waals surface area contributed by atoms with E-state index in [9.17, 15) is 18.4 Å². The number of hydrogen-bond donors (Lipinski definition) is 3. The maximum Gasteiger partial charge on any atom is 0.247 e. The summed E-state index contributed by atoms with van der Waals surface area (Å²) in [5.41, 5.74) is 10.5. The first-order chi connectivity index (χ1) is 14.0. The molecule has 0 bridgehead atoms. The van der Waals surface area contributed by atoms with Crippen molar-refractivity contribution in [2.75, 3.05) is 11.1 Å². The van der Waals surface area contributed by atoms with Crippen molar-refractivity contribution < 1.29 is 18.4 Å². The summed E-state index contributed by atoms with van der Waals surface area (Å²) >= 11 is 0. The van der Waals surface area contributed by atoms with Gasteiger partial charge in [-0.3, -0.25) is 9.59 Å². The number of nitrogens with one attached hydrogen (secondary N) is 1. The minimum atomic E-state index is -2.87. The Morgan fingerprint density at radius 3 is 2.77 bits per heavy atom. The minimum absolute atomic E-state index is 0.0514. The summed E-state index contributed by atoms with van der Waals surface area (Å²) in [5.74, 6) is -4.42. The van der Waals surface area contributed by atoms with Gasteiger partial charge in [-0.1, -0.05) is 0 Å². The molecule has 3 aromatic rings. The van der Waals surface area contributed by atoms with E-state index in [1.165, 1.54) is 17.8 Å². The van der Waals surface area contributed by atoms with E-state index in [0.29, 0.717) is 11.0 Å². The molecule has 0 aromatic carbocycles.